The van der Waals surface area contributed by atoms with Crippen LogP contribution in [0.25, 0.3) is 0 Å². The lowest BCUT2D eigenvalue weighted by molar-refractivity contribution is -0.140. The van der Waals surface area contributed by atoms with E-state index in [1.54, 1.807) is 29.2 Å². The Hall–Kier alpha value is -2.08. The fourth-order valence-electron chi connectivity index (χ4n) is 2.45. The molecule has 1 aromatic rings. The second kappa shape index (κ2) is 6.79. The van der Waals surface area contributed by atoms with Gasteiger partial charge in [-0.15, -0.1) is 0 Å². The Morgan fingerprint density at radius 2 is 2.18 bits per heavy atom. The summed E-state index contributed by atoms with van der Waals surface area (Å²) in [5, 5.41) is 9.18. The fourth-order valence-corrected chi connectivity index (χ4v) is 2.63. The molecule has 1 saturated heterocycles. The molecule has 1 aliphatic rings. The molecule has 118 valence electrons. The van der Waals surface area contributed by atoms with Crippen LogP contribution in [0.2, 0.25) is 5.02 Å². The molecule has 6 nitrogen and oxygen atoms in total. The molecule has 2 rings (SSSR count). The SMILES string of the molecule is CN(CCC(=O)O)C(=O)[C@@H]1CCN(c2cccc(Cl)c2)C1=O. The lowest BCUT2D eigenvalue weighted by Crippen LogP contribution is -2.38. The van der Waals surface area contributed by atoms with Crippen LogP contribution in [-0.2, 0) is 14.4 Å². The standard InChI is InChI=1S/C15H17ClN2O4/c1-17(7-6-13(19)20)14(21)12-5-8-18(15(12)22)11-4-2-3-10(16)9-11/h2-4,9,12H,5-8H2,1H3,(H,19,20)/t12-/m0/s1. The van der Waals surface area contributed by atoms with E-state index in [-0.39, 0.29) is 24.8 Å². The molecule has 0 unspecified atom stereocenters. The summed E-state index contributed by atoms with van der Waals surface area (Å²) in [4.78, 5) is 38.1. The van der Waals surface area contributed by atoms with E-state index in [1.807, 2.05) is 0 Å². The number of halogens is 1. The molecule has 0 radical (unpaired) electrons. The van der Waals surface area contributed by atoms with Crippen LogP contribution in [-0.4, -0.2) is 47.9 Å². The molecule has 22 heavy (non-hydrogen) atoms. The lowest BCUT2D eigenvalue weighted by Gasteiger charge is -2.20. The first-order chi connectivity index (χ1) is 10.4. The Morgan fingerprint density at radius 3 is 2.82 bits per heavy atom. The summed E-state index contributed by atoms with van der Waals surface area (Å²) in [5.74, 6) is -2.33. The van der Waals surface area contributed by atoms with Crippen LogP contribution >= 0.6 is 11.6 Å². The minimum atomic E-state index is -0.974. The number of hydrogen-bond donors (Lipinski definition) is 1. The minimum Gasteiger partial charge on any atom is -0.481 e. The molecule has 1 N–H and O–H groups in total. The Bertz CT molecular complexity index is 605. The van der Waals surface area contributed by atoms with Crippen LogP contribution in [0.5, 0.6) is 0 Å². The maximum atomic E-state index is 12.4. The van der Waals surface area contributed by atoms with E-state index in [0.717, 1.165) is 0 Å². The highest BCUT2D eigenvalue weighted by atomic mass is 35.5. The molecule has 0 bridgehead atoms. The van der Waals surface area contributed by atoms with Gasteiger partial charge in [0, 0.05) is 30.8 Å². The maximum Gasteiger partial charge on any atom is 0.305 e. The van der Waals surface area contributed by atoms with E-state index in [0.29, 0.717) is 23.7 Å². The van der Waals surface area contributed by atoms with Crippen molar-refractivity contribution in [2.75, 3.05) is 25.0 Å². The quantitative estimate of drug-likeness (QED) is 0.835. The molecular weight excluding hydrogens is 308 g/mol. The second-order valence-electron chi connectivity index (χ2n) is 5.21. The van der Waals surface area contributed by atoms with Gasteiger partial charge < -0.3 is 14.9 Å². The van der Waals surface area contributed by atoms with Gasteiger partial charge in [-0.1, -0.05) is 17.7 Å². The molecule has 0 aliphatic carbocycles. The normalized spacial score (nSPS) is 17.6. The summed E-state index contributed by atoms with van der Waals surface area (Å²) in [6.45, 7) is 0.539. The molecule has 1 fully saturated rings. The maximum absolute atomic E-state index is 12.4. The van der Waals surface area contributed by atoms with Crippen molar-refractivity contribution in [2.24, 2.45) is 5.92 Å². The minimum absolute atomic E-state index is 0.0924. The third-order valence-corrected chi connectivity index (χ3v) is 3.90. The van der Waals surface area contributed by atoms with Gasteiger partial charge in [-0.05, 0) is 24.6 Å². The van der Waals surface area contributed by atoms with Crippen molar-refractivity contribution in [3.8, 4) is 0 Å². The number of benzene rings is 1. The van der Waals surface area contributed by atoms with E-state index >= 15 is 0 Å². The fraction of sp³-hybridized carbons (Fsp3) is 0.400. The second-order valence-corrected chi connectivity index (χ2v) is 5.65. The zero-order chi connectivity index (χ0) is 16.3. The van der Waals surface area contributed by atoms with E-state index in [9.17, 15) is 14.4 Å². The van der Waals surface area contributed by atoms with Crippen LogP contribution in [0.3, 0.4) is 0 Å². The number of carbonyl (C=O) groups excluding carboxylic acids is 2. The van der Waals surface area contributed by atoms with Gasteiger partial charge in [-0.3, -0.25) is 14.4 Å². The van der Waals surface area contributed by atoms with Crippen molar-refractivity contribution < 1.29 is 19.5 Å². The molecule has 0 saturated carbocycles. The van der Waals surface area contributed by atoms with Crippen LogP contribution in [0.4, 0.5) is 5.69 Å². The number of carboxylic acids is 1. The van der Waals surface area contributed by atoms with Gasteiger partial charge in [0.25, 0.3) is 0 Å². The third-order valence-electron chi connectivity index (χ3n) is 3.66. The van der Waals surface area contributed by atoms with E-state index < -0.39 is 11.9 Å². The van der Waals surface area contributed by atoms with Crippen molar-refractivity contribution in [3.05, 3.63) is 29.3 Å². The Balaban J connectivity index is 2.04. The number of hydrogen-bond acceptors (Lipinski definition) is 3. The molecule has 1 aliphatic heterocycles. The van der Waals surface area contributed by atoms with E-state index in [4.69, 9.17) is 16.7 Å². The van der Waals surface area contributed by atoms with Gasteiger partial charge in [0.1, 0.15) is 5.92 Å². The Kier molecular flexibility index (Phi) is 5.03. The third kappa shape index (κ3) is 3.57. The van der Waals surface area contributed by atoms with Crippen molar-refractivity contribution >= 4 is 35.1 Å². The van der Waals surface area contributed by atoms with Crippen LogP contribution in [0.15, 0.2) is 24.3 Å². The van der Waals surface area contributed by atoms with Crippen LogP contribution in [0, 0.1) is 5.92 Å². The Labute approximate surface area is 133 Å². The van der Waals surface area contributed by atoms with E-state index in [2.05, 4.69) is 0 Å². The molecule has 0 aromatic heterocycles. The van der Waals surface area contributed by atoms with Crippen molar-refractivity contribution in [1.29, 1.82) is 0 Å². The molecular formula is C15H17ClN2O4. The first kappa shape index (κ1) is 16.3. The summed E-state index contributed by atoms with van der Waals surface area (Å²) in [6.07, 6.45) is 0.281. The van der Waals surface area contributed by atoms with Crippen molar-refractivity contribution in [2.45, 2.75) is 12.8 Å². The van der Waals surface area contributed by atoms with Gasteiger partial charge in [0.05, 0.1) is 6.42 Å². The highest BCUT2D eigenvalue weighted by Crippen LogP contribution is 2.28. The lowest BCUT2D eigenvalue weighted by atomic mass is 10.1. The first-order valence-corrected chi connectivity index (χ1v) is 7.31. The molecule has 1 aromatic carbocycles. The molecule has 1 heterocycles. The molecule has 7 heteroatoms. The average molecular weight is 325 g/mol. The topological polar surface area (TPSA) is 77.9 Å². The van der Waals surface area contributed by atoms with Crippen molar-refractivity contribution in [3.63, 3.8) is 0 Å². The van der Waals surface area contributed by atoms with Crippen molar-refractivity contribution in [1.82, 2.24) is 4.90 Å². The number of rotatable bonds is 5. The smallest absolute Gasteiger partial charge is 0.305 e. The summed E-state index contributed by atoms with van der Waals surface area (Å²) < 4.78 is 0. The molecule has 2 amide bonds. The summed E-state index contributed by atoms with van der Waals surface area (Å²) >= 11 is 5.92. The zero-order valence-corrected chi connectivity index (χ0v) is 12.9. The number of carboxylic acid groups (broad SMARTS) is 1. The summed E-state index contributed by atoms with van der Waals surface area (Å²) in [6, 6.07) is 6.91. The van der Waals surface area contributed by atoms with Crippen LogP contribution < -0.4 is 4.90 Å². The number of nitrogens with zero attached hydrogens (tertiary/aromatic N) is 2. The van der Waals surface area contributed by atoms with Gasteiger partial charge in [-0.2, -0.15) is 0 Å². The molecule has 0 spiro atoms. The van der Waals surface area contributed by atoms with Gasteiger partial charge in [0.2, 0.25) is 11.8 Å². The number of amides is 2. The molecule has 1 atom stereocenters. The number of carbonyl (C=O) groups is 3. The summed E-state index contributed by atoms with van der Waals surface area (Å²) in [5.41, 5.74) is 0.668. The van der Waals surface area contributed by atoms with Gasteiger partial charge in [-0.25, -0.2) is 0 Å². The number of aliphatic carboxylic acids is 1. The zero-order valence-electron chi connectivity index (χ0n) is 12.2. The first-order valence-electron chi connectivity index (χ1n) is 6.94. The van der Waals surface area contributed by atoms with Gasteiger partial charge >= 0.3 is 5.97 Å². The largest absolute Gasteiger partial charge is 0.481 e. The highest BCUT2D eigenvalue weighted by Gasteiger charge is 2.38. The predicted molar refractivity (Wildman–Crippen MR) is 81.8 cm³/mol. The predicted octanol–water partition coefficient (Wildman–Crippen LogP) is 1.63. The van der Waals surface area contributed by atoms with E-state index in [1.165, 1.54) is 11.9 Å². The van der Waals surface area contributed by atoms with Gasteiger partial charge in [0.15, 0.2) is 0 Å². The number of anilines is 1. The highest BCUT2D eigenvalue weighted by molar-refractivity contribution is 6.31. The monoisotopic (exact) mass is 324 g/mol. The summed E-state index contributed by atoms with van der Waals surface area (Å²) in [7, 11) is 1.51. The Morgan fingerprint density at radius 1 is 1.45 bits per heavy atom. The van der Waals surface area contributed by atoms with Crippen LogP contribution in [0.1, 0.15) is 12.8 Å². The average Bonchev–Trinajstić information content (AvgIpc) is 2.85.